The topological polar surface area (TPSA) is 135 Å². The van der Waals surface area contributed by atoms with Crippen LogP contribution < -0.4 is 31.2 Å². The molecule has 2 rings (SSSR count). The van der Waals surface area contributed by atoms with Crippen LogP contribution in [-0.4, -0.2) is 36.8 Å². The van der Waals surface area contributed by atoms with Gasteiger partial charge < -0.3 is 9.47 Å². The second-order valence-corrected chi connectivity index (χ2v) is 10.8. The minimum atomic E-state index is -0.498. The first-order chi connectivity index (χ1) is 18.6. The van der Waals surface area contributed by atoms with E-state index in [1.165, 1.54) is 0 Å². The Morgan fingerprint density at radius 1 is 0.590 bits per heavy atom. The van der Waals surface area contributed by atoms with Gasteiger partial charge in [0.05, 0.1) is 8.95 Å². The minimum absolute atomic E-state index is 0.255. The quantitative estimate of drug-likeness (QED) is 0.161. The molecule has 0 bridgehead atoms. The maximum atomic E-state index is 11.9. The number of hydrogen-bond acceptors (Lipinski definition) is 6. The van der Waals surface area contributed by atoms with Gasteiger partial charge in [-0.3, -0.25) is 40.9 Å². The Morgan fingerprint density at radius 2 is 0.949 bits per heavy atom. The summed E-state index contributed by atoms with van der Waals surface area (Å²) in [6.07, 6.45) is 4.23. The van der Waals surface area contributed by atoms with Crippen LogP contribution in [0.25, 0.3) is 0 Å². The van der Waals surface area contributed by atoms with E-state index >= 15 is 0 Å². The van der Waals surface area contributed by atoms with Crippen molar-refractivity contribution in [2.75, 3.05) is 13.2 Å². The van der Waals surface area contributed by atoms with E-state index in [0.717, 1.165) is 19.3 Å². The molecule has 0 heterocycles. The number of carbonyl (C=O) groups is 4. The lowest BCUT2D eigenvalue weighted by atomic mass is 10.1. The second kappa shape index (κ2) is 17.9. The average molecular weight is 711 g/mol. The first-order valence-corrected chi connectivity index (χ1v) is 14.3. The Morgan fingerprint density at radius 3 is 1.33 bits per heavy atom. The number of amides is 4. The maximum Gasteiger partial charge on any atom is 0.276 e. The second-order valence-electron chi connectivity index (χ2n) is 8.19. The molecule has 0 saturated heterocycles. The number of rotatable bonds is 14. The lowest BCUT2D eigenvalue weighted by Crippen LogP contribution is -2.43. The number of nitrogens with one attached hydrogen (secondary N) is 4. The van der Waals surface area contributed by atoms with Crippen LogP contribution in [0.4, 0.5) is 0 Å². The Balaban J connectivity index is 1.44. The molecule has 10 nitrogen and oxygen atoms in total. The monoisotopic (exact) mass is 708 g/mol. The highest BCUT2D eigenvalue weighted by Gasteiger charge is 2.09. The molecular weight excluding hydrogens is 683 g/mol. The van der Waals surface area contributed by atoms with Crippen LogP contribution in [-0.2, 0) is 19.2 Å². The van der Waals surface area contributed by atoms with E-state index in [1.807, 2.05) is 0 Å². The summed E-state index contributed by atoms with van der Waals surface area (Å²) < 4.78 is 12.0. The van der Waals surface area contributed by atoms with Crippen LogP contribution >= 0.6 is 55.1 Å². The van der Waals surface area contributed by atoms with Crippen molar-refractivity contribution in [1.82, 2.24) is 21.7 Å². The summed E-state index contributed by atoms with van der Waals surface area (Å²) in [5.74, 6) is -0.700. The zero-order valence-corrected chi connectivity index (χ0v) is 25.5. The minimum Gasteiger partial charge on any atom is -0.483 e. The van der Waals surface area contributed by atoms with Gasteiger partial charge in [0.25, 0.3) is 11.8 Å². The molecule has 0 fully saturated rings. The zero-order valence-electron chi connectivity index (χ0n) is 20.8. The summed E-state index contributed by atoms with van der Waals surface area (Å²) in [6.45, 7) is -0.542. The number of carbonyl (C=O) groups excluding carboxylic acids is 4. The van der Waals surface area contributed by atoms with E-state index < -0.39 is 11.8 Å². The maximum absolute atomic E-state index is 11.9. The molecule has 14 heteroatoms. The first-order valence-electron chi connectivity index (χ1n) is 11.9. The van der Waals surface area contributed by atoms with Crippen molar-refractivity contribution < 1.29 is 28.7 Å². The fraction of sp³-hybridized carbons (Fsp3) is 0.360. The summed E-state index contributed by atoms with van der Waals surface area (Å²) in [5, 5.41) is 1.06. The normalized spacial score (nSPS) is 10.4. The molecule has 39 heavy (non-hydrogen) atoms. The molecule has 4 N–H and O–H groups in total. The lowest BCUT2D eigenvalue weighted by Gasteiger charge is -2.10. The predicted molar refractivity (Wildman–Crippen MR) is 154 cm³/mol. The van der Waals surface area contributed by atoms with Gasteiger partial charge in [0.1, 0.15) is 11.5 Å². The Bertz CT molecular complexity index is 1070. The number of ether oxygens (including phenoxy) is 2. The molecule has 0 aromatic heterocycles. The average Bonchev–Trinajstić information content (AvgIpc) is 2.89. The molecule has 0 atom stereocenters. The third-order valence-corrected chi connectivity index (χ3v) is 6.71. The third kappa shape index (κ3) is 13.9. The van der Waals surface area contributed by atoms with Crippen molar-refractivity contribution in [2.24, 2.45) is 0 Å². The molecule has 0 saturated carbocycles. The van der Waals surface area contributed by atoms with Crippen molar-refractivity contribution in [3.8, 4) is 11.5 Å². The van der Waals surface area contributed by atoms with Gasteiger partial charge >= 0.3 is 0 Å². The summed E-state index contributed by atoms with van der Waals surface area (Å²) in [4.78, 5) is 47.4. The van der Waals surface area contributed by atoms with Crippen molar-refractivity contribution in [3.05, 3.63) is 55.4 Å². The van der Waals surface area contributed by atoms with E-state index in [1.54, 1.807) is 36.4 Å². The molecule has 0 aliphatic carbocycles. The van der Waals surface area contributed by atoms with Gasteiger partial charge in [-0.05, 0) is 81.1 Å². The van der Waals surface area contributed by atoms with Crippen molar-refractivity contribution in [2.45, 2.75) is 44.9 Å². The van der Waals surface area contributed by atoms with E-state index in [4.69, 9.17) is 32.7 Å². The zero-order chi connectivity index (χ0) is 28.6. The molecular formula is C25H28Br2Cl2N4O6. The number of halogens is 4. The van der Waals surface area contributed by atoms with Crippen LogP contribution in [0.2, 0.25) is 10.0 Å². The third-order valence-electron chi connectivity index (χ3n) is 5.00. The van der Waals surface area contributed by atoms with E-state index in [9.17, 15) is 19.2 Å². The molecule has 2 aromatic carbocycles. The highest BCUT2D eigenvalue weighted by molar-refractivity contribution is 9.10. The molecule has 2 aromatic rings. The van der Waals surface area contributed by atoms with Crippen molar-refractivity contribution in [3.63, 3.8) is 0 Å². The SMILES string of the molecule is O=C(CCCCCCCC(=O)NNC(=O)COc1ccc(Cl)cc1Br)NNC(=O)COc1ccc(Cl)cc1Br. The highest BCUT2D eigenvalue weighted by Crippen LogP contribution is 2.28. The van der Waals surface area contributed by atoms with Gasteiger partial charge in [0.15, 0.2) is 13.2 Å². The largest absolute Gasteiger partial charge is 0.483 e. The van der Waals surface area contributed by atoms with Crippen molar-refractivity contribution in [1.29, 1.82) is 0 Å². The molecule has 0 radical (unpaired) electrons. The summed E-state index contributed by atoms with van der Waals surface area (Å²) >= 11 is 18.3. The Labute approximate surface area is 253 Å². The lowest BCUT2D eigenvalue weighted by molar-refractivity contribution is -0.130. The van der Waals surface area contributed by atoms with Crippen molar-refractivity contribution >= 4 is 78.7 Å². The predicted octanol–water partition coefficient (Wildman–Crippen LogP) is 5.00. The molecule has 0 spiro atoms. The Hall–Kier alpha value is -2.54. The highest BCUT2D eigenvalue weighted by atomic mass is 79.9. The van der Waals surface area contributed by atoms with Crippen LogP contribution in [0.5, 0.6) is 11.5 Å². The van der Waals surface area contributed by atoms with E-state index in [2.05, 4.69) is 53.6 Å². The van der Waals surface area contributed by atoms with Gasteiger partial charge in [-0.2, -0.15) is 0 Å². The summed E-state index contributed by atoms with van der Waals surface area (Å²) in [5.41, 5.74) is 9.31. The standard InChI is InChI=1S/C25H28Br2Cl2N4O6/c26-18-12-16(28)8-10-20(18)38-14-24(36)32-30-22(34)6-4-2-1-3-5-7-23(35)31-33-25(37)15-39-21-11-9-17(29)13-19(21)27/h8-13H,1-7,14-15H2,(H,30,34)(H,31,35)(H,32,36)(H,33,37). The molecule has 0 aliphatic rings. The molecule has 4 amide bonds. The van der Waals surface area contributed by atoms with Gasteiger partial charge in [0, 0.05) is 22.9 Å². The number of hydrazine groups is 2. The molecule has 0 aliphatic heterocycles. The number of unbranched alkanes of at least 4 members (excludes halogenated alkanes) is 4. The summed E-state index contributed by atoms with van der Waals surface area (Å²) in [7, 11) is 0. The van der Waals surface area contributed by atoms with Crippen LogP contribution in [0, 0.1) is 0 Å². The number of benzene rings is 2. The van der Waals surface area contributed by atoms with Gasteiger partial charge in [-0.25, -0.2) is 0 Å². The van der Waals surface area contributed by atoms with Crippen LogP contribution in [0.1, 0.15) is 44.9 Å². The fourth-order valence-corrected chi connectivity index (χ4v) is 4.64. The van der Waals surface area contributed by atoms with Gasteiger partial charge in [-0.15, -0.1) is 0 Å². The molecule has 0 unspecified atom stereocenters. The Kier molecular flexibility index (Phi) is 15.0. The van der Waals surface area contributed by atoms with E-state index in [0.29, 0.717) is 43.3 Å². The molecule has 212 valence electrons. The van der Waals surface area contributed by atoms with Crippen LogP contribution in [0.3, 0.4) is 0 Å². The van der Waals surface area contributed by atoms with Gasteiger partial charge in [-0.1, -0.05) is 42.5 Å². The van der Waals surface area contributed by atoms with Gasteiger partial charge in [0.2, 0.25) is 11.8 Å². The fourth-order valence-electron chi connectivity index (χ4n) is 3.05. The summed E-state index contributed by atoms with van der Waals surface area (Å²) in [6, 6.07) is 9.82. The van der Waals surface area contributed by atoms with Crippen LogP contribution in [0.15, 0.2) is 45.3 Å². The smallest absolute Gasteiger partial charge is 0.276 e. The first kappa shape index (κ1) is 32.7. The van der Waals surface area contributed by atoms with E-state index in [-0.39, 0.29) is 37.9 Å². The number of hydrogen-bond donors (Lipinski definition) is 4.